The van der Waals surface area contributed by atoms with E-state index < -0.39 is 20.7 Å². The molecule has 10 heteroatoms. The molecule has 2 heterocycles. The molecule has 0 amide bonds. The Kier molecular flexibility index (Phi) is 7.23. The van der Waals surface area contributed by atoms with E-state index in [0.717, 1.165) is 25.9 Å². The first kappa shape index (κ1) is 23.9. The highest BCUT2D eigenvalue weighted by molar-refractivity contribution is 7.92. The van der Waals surface area contributed by atoms with Crippen LogP contribution in [0, 0.1) is 5.82 Å². The van der Waals surface area contributed by atoms with Gasteiger partial charge in [-0.05, 0) is 24.5 Å². The SMILES string of the molecule is CC[C@H](c1ccccc1)N1CCC(N(C)c2cc(F)c(S(=O)(=O)Nc3cscn3)cc2Cl)C1. The van der Waals surface area contributed by atoms with Crippen molar-refractivity contribution in [2.45, 2.75) is 36.7 Å². The maximum absolute atomic E-state index is 14.9. The maximum atomic E-state index is 14.9. The Balaban J connectivity index is 1.52. The Morgan fingerprint density at radius 1 is 1.33 bits per heavy atom. The Hall–Kier alpha value is -2.20. The fraction of sp³-hybridized carbons (Fsp3) is 0.348. The fourth-order valence-corrected chi connectivity index (χ4v) is 6.40. The van der Waals surface area contributed by atoms with Crippen LogP contribution in [-0.4, -0.2) is 44.5 Å². The molecule has 3 aromatic rings. The Bertz CT molecular complexity index is 1190. The number of aromatic nitrogens is 1. The number of thiazole rings is 1. The third kappa shape index (κ3) is 5.16. The minimum atomic E-state index is -4.14. The van der Waals surface area contributed by atoms with Crippen LogP contribution in [0.1, 0.15) is 31.4 Å². The van der Waals surface area contributed by atoms with Gasteiger partial charge in [0, 0.05) is 43.7 Å². The molecule has 2 atom stereocenters. The summed E-state index contributed by atoms with van der Waals surface area (Å²) in [4.78, 5) is 7.78. The van der Waals surface area contributed by atoms with Gasteiger partial charge in [0.1, 0.15) is 10.7 Å². The average molecular weight is 509 g/mol. The van der Waals surface area contributed by atoms with Crippen LogP contribution < -0.4 is 9.62 Å². The zero-order valence-electron chi connectivity index (χ0n) is 18.4. The number of hydrogen-bond donors (Lipinski definition) is 1. The molecule has 0 aliphatic carbocycles. The van der Waals surface area contributed by atoms with Crippen molar-refractivity contribution in [3.8, 4) is 0 Å². The quantitative estimate of drug-likeness (QED) is 0.441. The first-order chi connectivity index (χ1) is 15.8. The van der Waals surface area contributed by atoms with Crippen molar-refractivity contribution in [3.05, 3.63) is 69.8 Å². The monoisotopic (exact) mass is 508 g/mol. The van der Waals surface area contributed by atoms with E-state index in [9.17, 15) is 12.8 Å². The summed E-state index contributed by atoms with van der Waals surface area (Å²) in [6, 6.07) is 13.3. The van der Waals surface area contributed by atoms with Crippen LogP contribution >= 0.6 is 22.9 Å². The van der Waals surface area contributed by atoms with E-state index in [1.807, 2.05) is 18.0 Å². The molecule has 33 heavy (non-hydrogen) atoms. The van der Waals surface area contributed by atoms with Crippen LogP contribution in [0.5, 0.6) is 0 Å². The van der Waals surface area contributed by atoms with Gasteiger partial charge >= 0.3 is 0 Å². The highest BCUT2D eigenvalue weighted by Gasteiger charge is 2.32. The van der Waals surface area contributed by atoms with Gasteiger partial charge in [-0.3, -0.25) is 9.62 Å². The minimum absolute atomic E-state index is 0.134. The Morgan fingerprint density at radius 2 is 2.09 bits per heavy atom. The second-order valence-electron chi connectivity index (χ2n) is 8.10. The summed E-state index contributed by atoms with van der Waals surface area (Å²) < 4.78 is 42.5. The summed E-state index contributed by atoms with van der Waals surface area (Å²) in [5.74, 6) is -0.707. The summed E-state index contributed by atoms with van der Waals surface area (Å²) in [7, 11) is -2.27. The summed E-state index contributed by atoms with van der Waals surface area (Å²) in [6.07, 6.45) is 1.90. The van der Waals surface area contributed by atoms with E-state index in [1.54, 1.807) is 0 Å². The number of rotatable bonds is 8. The molecule has 6 nitrogen and oxygen atoms in total. The van der Waals surface area contributed by atoms with Crippen LogP contribution in [0.2, 0.25) is 5.02 Å². The van der Waals surface area contributed by atoms with Crippen molar-refractivity contribution in [3.63, 3.8) is 0 Å². The van der Waals surface area contributed by atoms with Gasteiger partial charge < -0.3 is 4.90 Å². The molecule has 1 N–H and O–H groups in total. The van der Waals surface area contributed by atoms with Crippen LogP contribution in [0.3, 0.4) is 0 Å². The molecule has 1 saturated heterocycles. The molecular weight excluding hydrogens is 483 g/mol. The predicted molar refractivity (Wildman–Crippen MR) is 132 cm³/mol. The van der Waals surface area contributed by atoms with Gasteiger partial charge in [-0.15, -0.1) is 11.3 Å². The van der Waals surface area contributed by atoms with E-state index in [2.05, 4.69) is 45.8 Å². The Labute approximate surface area is 203 Å². The topological polar surface area (TPSA) is 65.5 Å². The molecule has 0 bridgehead atoms. The van der Waals surface area contributed by atoms with Crippen molar-refractivity contribution >= 4 is 44.5 Å². The lowest BCUT2D eigenvalue weighted by atomic mass is 10.0. The van der Waals surface area contributed by atoms with Gasteiger partial charge in [0.25, 0.3) is 10.0 Å². The molecule has 1 unspecified atom stereocenters. The number of halogens is 2. The van der Waals surface area contributed by atoms with Crippen molar-refractivity contribution in [2.75, 3.05) is 29.8 Å². The van der Waals surface area contributed by atoms with Gasteiger partial charge in [-0.1, -0.05) is 48.9 Å². The number of nitrogens with one attached hydrogen (secondary N) is 1. The average Bonchev–Trinajstić information content (AvgIpc) is 3.48. The van der Waals surface area contributed by atoms with Gasteiger partial charge in [-0.2, -0.15) is 0 Å². The number of anilines is 2. The summed E-state index contributed by atoms with van der Waals surface area (Å²) in [5, 5.41) is 1.72. The van der Waals surface area contributed by atoms with E-state index in [4.69, 9.17) is 11.6 Å². The highest BCUT2D eigenvalue weighted by atomic mass is 35.5. The maximum Gasteiger partial charge on any atom is 0.266 e. The van der Waals surface area contributed by atoms with E-state index in [-0.39, 0.29) is 16.9 Å². The van der Waals surface area contributed by atoms with Crippen molar-refractivity contribution in [1.29, 1.82) is 0 Å². The largest absolute Gasteiger partial charge is 0.369 e. The van der Waals surface area contributed by atoms with Gasteiger partial charge in [0.15, 0.2) is 5.82 Å². The Morgan fingerprint density at radius 3 is 2.76 bits per heavy atom. The van der Waals surface area contributed by atoms with Crippen molar-refractivity contribution < 1.29 is 12.8 Å². The van der Waals surface area contributed by atoms with Crippen LogP contribution in [0.25, 0.3) is 0 Å². The minimum Gasteiger partial charge on any atom is -0.369 e. The summed E-state index contributed by atoms with van der Waals surface area (Å²) in [5.41, 5.74) is 3.25. The zero-order chi connectivity index (χ0) is 23.6. The molecule has 0 radical (unpaired) electrons. The van der Waals surface area contributed by atoms with Gasteiger partial charge in [0.05, 0.1) is 16.2 Å². The molecule has 1 fully saturated rings. The normalized spacial score (nSPS) is 17.8. The summed E-state index contributed by atoms with van der Waals surface area (Å²) in [6.45, 7) is 3.92. The van der Waals surface area contributed by atoms with Crippen LogP contribution in [0.15, 0.2) is 58.3 Å². The van der Waals surface area contributed by atoms with E-state index >= 15 is 0 Å². The van der Waals surface area contributed by atoms with Crippen LogP contribution in [-0.2, 0) is 10.0 Å². The van der Waals surface area contributed by atoms with Gasteiger partial charge in [-0.25, -0.2) is 17.8 Å². The van der Waals surface area contributed by atoms with Gasteiger partial charge in [0.2, 0.25) is 0 Å². The third-order valence-corrected chi connectivity index (χ3v) is 8.36. The lowest BCUT2D eigenvalue weighted by Crippen LogP contribution is -2.36. The third-order valence-electron chi connectivity index (χ3n) is 6.10. The first-order valence-electron chi connectivity index (χ1n) is 10.7. The molecular formula is C23H26ClFN4O2S2. The zero-order valence-corrected chi connectivity index (χ0v) is 20.8. The highest BCUT2D eigenvalue weighted by Crippen LogP contribution is 2.35. The number of hydrogen-bond acceptors (Lipinski definition) is 6. The second kappa shape index (κ2) is 9.97. The smallest absolute Gasteiger partial charge is 0.266 e. The lowest BCUT2D eigenvalue weighted by Gasteiger charge is -2.31. The standard InChI is InChI=1S/C23H26ClFN4O2S2/c1-3-20(16-7-5-4-6-8-16)29-10-9-17(13-29)28(2)21-12-19(25)22(11-18(21)24)33(30,31)27-23-14-32-15-26-23/h4-8,11-12,14-15,17,20,27H,3,9-10,13H2,1-2H3/t17?,20-/m1/s1. The molecule has 176 valence electrons. The number of likely N-dealkylation sites (tertiary alicyclic amines) is 1. The molecule has 1 aromatic heterocycles. The summed E-state index contributed by atoms with van der Waals surface area (Å²) >= 11 is 7.69. The van der Waals surface area contributed by atoms with E-state index in [1.165, 1.54) is 39.9 Å². The number of likely N-dealkylation sites (N-methyl/N-ethyl adjacent to an activating group) is 1. The molecule has 1 aliphatic heterocycles. The van der Waals surface area contributed by atoms with Crippen LogP contribution in [0.4, 0.5) is 15.9 Å². The number of benzene rings is 2. The second-order valence-corrected chi connectivity index (χ2v) is 10.9. The first-order valence-corrected chi connectivity index (χ1v) is 13.5. The molecule has 0 spiro atoms. The fourth-order valence-electron chi connectivity index (χ4n) is 4.39. The lowest BCUT2D eigenvalue weighted by molar-refractivity contribution is 0.236. The predicted octanol–water partition coefficient (Wildman–Crippen LogP) is 5.40. The van der Waals surface area contributed by atoms with E-state index in [0.29, 0.717) is 11.7 Å². The van der Waals surface area contributed by atoms with Crippen molar-refractivity contribution in [2.24, 2.45) is 0 Å². The number of nitrogens with zero attached hydrogens (tertiary/aromatic N) is 3. The molecule has 0 saturated carbocycles. The molecule has 1 aliphatic rings. The molecule has 2 aromatic carbocycles. The van der Waals surface area contributed by atoms with Crippen molar-refractivity contribution in [1.82, 2.24) is 9.88 Å². The molecule has 4 rings (SSSR count). The number of sulfonamides is 1.